The summed E-state index contributed by atoms with van der Waals surface area (Å²) in [5, 5.41) is 9.01. The number of likely N-dealkylation sites (tertiary alicyclic amines) is 1. The highest BCUT2D eigenvalue weighted by Crippen LogP contribution is 2.15. The van der Waals surface area contributed by atoms with Gasteiger partial charge in [0.15, 0.2) is 0 Å². The first-order chi connectivity index (χ1) is 6.76. The number of aliphatic hydroxyl groups is 1. The molecule has 1 heterocycles. The number of hydrogen-bond acceptors (Lipinski definition) is 4. The van der Waals surface area contributed by atoms with Crippen LogP contribution in [0.4, 0.5) is 0 Å². The largest absolute Gasteiger partial charge is 0.469 e. The summed E-state index contributed by atoms with van der Waals surface area (Å²) in [5.41, 5.74) is 0. The molecule has 1 N–H and O–H groups in total. The molecule has 4 heteroatoms. The molecule has 1 atom stereocenters. The Balaban J connectivity index is 2.20. The number of hydrogen-bond donors (Lipinski definition) is 1. The Morgan fingerprint density at radius 1 is 1.64 bits per heavy atom. The molecule has 1 aliphatic heterocycles. The maximum absolute atomic E-state index is 10.9. The summed E-state index contributed by atoms with van der Waals surface area (Å²) in [6.45, 7) is 2.96. The summed E-state index contributed by atoms with van der Waals surface area (Å²) in [6.07, 6.45) is 2.67. The minimum absolute atomic E-state index is 0.156. The van der Waals surface area contributed by atoms with Crippen LogP contribution in [0.2, 0.25) is 0 Å². The molecule has 0 aromatic carbocycles. The number of methoxy groups -OCH3 is 1. The molecule has 82 valence electrons. The van der Waals surface area contributed by atoms with Gasteiger partial charge in [-0.1, -0.05) is 0 Å². The first-order valence-corrected chi connectivity index (χ1v) is 5.16. The van der Waals surface area contributed by atoms with Gasteiger partial charge in [0.05, 0.1) is 13.5 Å². The molecule has 0 saturated carbocycles. The van der Waals surface area contributed by atoms with Crippen molar-refractivity contribution in [3.8, 4) is 0 Å². The van der Waals surface area contributed by atoms with Crippen LogP contribution in [0.5, 0.6) is 0 Å². The van der Waals surface area contributed by atoms with Crippen LogP contribution >= 0.6 is 0 Å². The van der Waals surface area contributed by atoms with Crippen LogP contribution in [0.1, 0.15) is 19.3 Å². The lowest BCUT2D eigenvalue weighted by Crippen LogP contribution is -2.38. The van der Waals surface area contributed by atoms with E-state index in [1.54, 1.807) is 0 Å². The van der Waals surface area contributed by atoms with Crippen LogP contribution in [0, 0.1) is 5.92 Å². The van der Waals surface area contributed by atoms with E-state index in [2.05, 4.69) is 9.64 Å². The van der Waals surface area contributed by atoms with Crippen molar-refractivity contribution < 1.29 is 14.6 Å². The summed E-state index contributed by atoms with van der Waals surface area (Å²) in [6, 6.07) is 0. The molecule has 14 heavy (non-hydrogen) atoms. The molecule has 1 rings (SSSR count). The number of rotatable bonds is 4. The summed E-state index contributed by atoms with van der Waals surface area (Å²) in [5.74, 6) is 0.234. The van der Waals surface area contributed by atoms with Crippen molar-refractivity contribution in [3.63, 3.8) is 0 Å². The molecule has 1 saturated heterocycles. The molecule has 0 spiro atoms. The Kier molecular flexibility index (Phi) is 4.90. The van der Waals surface area contributed by atoms with Gasteiger partial charge in [-0.05, 0) is 25.3 Å². The number of esters is 1. The second kappa shape index (κ2) is 5.98. The van der Waals surface area contributed by atoms with E-state index in [1.807, 2.05) is 0 Å². The Morgan fingerprint density at radius 2 is 2.43 bits per heavy atom. The van der Waals surface area contributed by atoms with Crippen molar-refractivity contribution in [2.45, 2.75) is 19.3 Å². The Hall–Kier alpha value is -0.610. The van der Waals surface area contributed by atoms with Gasteiger partial charge in [0.1, 0.15) is 0 Å². The highest BCUT2D eigenvalue weighted by molar-refractivity contribution is 5.69. The molecule has 0 aliphatic carbocycles. The highest BCUT2D eigenvalue weighted by Gasteiger charge is 2.19. The zero-order valence-electron chi connectivity index (χ0n) is 8.74. The maximum Gasteiger partial charge on any atom is 0.306 e. The standard InChI is InChI=1S/C10H19NO3/c1-14-10(13)4-6-11-5-2-3-9(7-11)8-12/h9,12H,2-8H2,1H3. The Labute approximate surface area is 84.8 Å². The zero-order chi connectivity index (χ0) is 10.4. The normalized spacial score (nSPS) is 23.4. The maximum atomic E-state index is 10.9. The van der Waals surface area contributed by atoms with Crippen molar-refractivity contribution in [1.29, 1.82) is 0 Å². The van der Waals surface area contributed by atoms with E-state index in [1.165, 1.54) is 7.11 Å². The molecule has 0 radical (unpaired) electrons. The number of carbonyl (C=O) groups excluding carboxylic acids is 1. The SMILES string of the molecule is COC(=O)CCN1CCCC(CO)C1. The van der Waals surface area contributed by atoms with Crippen LogP contribution in [0.15, 0.2) is 0 Å². The van der Waals surface area contributed by atoms with Gasteiger partial charge in [-0.25, -0.2) is 0 Å². The van der Waals surface area contributed by atoms with Crippen LogP contribution in [-0.4, -0.2) is 49.3 Å². The number of carbonyl (C=O) groups is 1. The quantitative estimate of drug-likeness (QED) is 0.663. The van der Waals surface area contributed by atoms with Gasteiger partial charge in [-0.15, -0.1) is 0 Å². The molecule has 0 bridgehead atoms. The van der Waals surface area contributed by atoms with Crippen molar-refractivity contribution in [1.82, 2.24) is 4.90 Å². The van der Waals surface area contributed by atoms with E-state index in [0.29, 0.717) is 12.3 Å². The molecule has 1 unspecified atom stereocenters. The van der Waals surface area contributed by atoms with Crippen LogP contribution in [-0.2, 0) is 9.53 Å². The molecule has 0 aromatic rings. The van der Waals surface area contributed by atoms with Crippen LogP contribution in [0.3, 0.4) is 0 Å². The van der Waals surface area contributed by atoms with E-state index in [4.69, 9.17) is 5.11 Å². The fourth-order valence-corrected chi connectivity index (χ4v) is 1.85. The minimum atomic E-state index is -0.156. The molecule has 0 amide bonds. The van der Waals surface area contributed by atoms with E-state index in [0.717, 1.165) is 32.5 Å². The fourth-order valence-electron chi connectivity index (χ4n) is 1.85. The molecule has 1 aliphatic rings. The third-order valence-corrected chi connectivity index (χ3v) is 2.72. The smallest absolute Gasteiger partial charge is 0.306 e. The first-order valence-electron chi connectivity index (χ1n) is 5.16. The minimum Gasteiger partial charge on any atom is -0.469 e. The predicted molar refractivity (Wildman–Crippen MR) is 52.9 cm³/mol. The van der Waals surface area contributed by atoms with Gasteiger partial charge in [0, 0.05) is 19.7 Å². The Bertz CT molecular complexity index is 184. The van der Waals surface area contributed by atoms with Crippen LogP contribution < -0.4 is 0 Å². The Morgan fingerprint density at radius 3 is 3.07 bits per heavy atom. The number of nitrogens with zero attached hydrogens (tertiary/aromatic N) is 1. The molecule has 0 aromatic heterocycles. The van der Waals surface area contributed by atoms with Crippen LogP contribution in [0.25, 0.3) is 0 Å². The molecular formula is C10H19NO3. The van der Waals surface area contributed by atoms with E-state index < -0.39 is 0 Å². The third-order valence-electron chi connectivity index (χ3n) is 2.72. The van der Waals surface area contributed by atoms with Gasteiger partial charge in [0.25, 0.3) is 0 Å². The summed E-state index contributed by atoms with van der Waals surface area (Å²) >= 11 is 0. The second-order valence-corrected chi connectivity index (χ2v) is 3.82. The van der Waals surface area contributed by atoms with Gasteiger partial charge in [-0.3, -0.25) is 4.79 Å². The lowest BCUT2D eigenvalue weighted by Gasteiger charge is -2.31. The van der Waals surface area contributed by atoms with E-state index in [-0.39, 0.29) is 12.6 Å². The number of piperidine rings is 1. The predicted octanol–water partition coefficient (Wildman–Crippen LogP) is 0.254. The van der Waals surface area contributed by atoms with E-state index >= 15 is 0 Å². The van der Waals surface area contributed by atoms with Gasteiger partial charge in [0.2, 0.25) is 0 Å². The average Bonchev–Trinajstić information content (AvgIpc) is 2.26. The third kappa shape index (κ3) is 3.64. The molecular weight excluding hydrogens is 182 g/mol. The lowest BCUT2D eigenvalue weighted by atomic mass is 9.99. The monoisotopic (exact) mass is 201 g/mol. The van der Waals surface area contributed by atoms with Gasteiger partial charge in [-0.2, -0.15) is 0 Å². The van der Waals surface area contributed by atoms with Gasteiger partial charge < -0.3 is 14.7 Å². The first kappa shape index (κ1) is 11.5. The zero-order valence-corrected chi connectivity index (χ0v) is 8.74. The highest BCUT2D eigenvalue weighted by atomic mass is 16.5. The fraction of sp³-hybridized carbons (Fsp3) is 0.900. The van der Waals surface area contributed by atoms with Gasteiger partial charge >= 0.3 is 5.97 Å². The molecule has 4 nitrogen and oxygen atoms in total. The average molecular weight is 201 g/mol. The van der Waals surface area contributed by atoms with Crippen molar-refractivity contribution in [3.05, 3.63) is 0 Å². The van der Waals surface area contributed by atoms with Crippen molar-refractivity contribution in [2.24, 2.45) is 5.92 Å². The molecule has 1 fully saturated rings. The van der Waals surface area contributed by atoms with Crippen molar-refractivity contribution in [2.75, 3.05) is 33.4 Å². The van der Waals surface area contributed by atoms with Crippen molar-refractivity contribution >= 4 is 5.97 Å². The summed E-state index contributed by atoms with van der Waals surface area (Å²) < 4.78 is 4.58. The topological polar surface area (TPSA) is 49.8 Å². The number of aliphatic hydroxyl groups excluding tert-OH is 1. The summed E-state index contributed by atoms with van der Waals surface area (Å²) in [7, 11) is 1.41. The lowest BCUT2D eigenvalue weighted by molar-refractivity contribution is -0.141. The summed E-state index contributed by atoms with van der Waals surface area (Å²) in [4.78, 5) is 13.1. The number of ether oxygens (including phenoxy) is 1. The van der Waals surface area contributed by atoms with E-state index in [9.17, 15) is 4.79 Å². The second-order valence-electron chi connectivity index (χ2n) is 3.82.